The van der Waals surface area contributed by atoms with Crippen LogP contribution in [0.1, 0.15) is 26.7 Å². The topological polar surface area (TPSA) is 9.23 Å². The highest BCUT2D eigenvalue weighted by molar-refractivity contribution is 9.10. The summed E-state index contributed by atoms with van der Waals surface area (Å²) in [4.78, 5) is 0. The molecule has 0 N–H and O–H groups in total. The highest BCUT2D eigenvalue weighted by Gasteiger charge is 2.51. The quantitative estimate of drug-likeness (QED) is 0.682. The second-order valence-corrected chi connectivity index (χ2v) is 6.59. The summed E-state index contributed by atoms with van der Waals surface area (Å²) in [6.45, 7) is 4.32. The number of alkyl halides is 1. The molecule has 3 atom stereocenters. The van der Waals surface area contributed by atoms with Gasteiger partial charge in [-0.2, -0.15) is 0 Å². The average Bonchev–Trinajstić information content (AvgIpc) is 2.30. The first-order chi connectivity index (χ1) is 7.97. The van der Waals surface area contributed by atoms with Crippen LogP contribution in [0.4, 0.5) is 0 Å². The fraction of sp³-hybridized carbons (Fsp3) is 0.538. The molecule has 4 heteroatoms. The largest absolute Gasteiger partial charge is 0.488 e. The van der Waals surface area contributed by atoms with Crippen LogP contribution in [-0.2, 0) is 0 Å². The van der Waals surface area contributed by atoms with Crippen molar-refractivity contribution in [3.05, 3.63) is 27.7 Å². The minimum absolute atomic E-state index is 0.0535. The van der Waals surface area contributed by atoms with Crippen molar-refractivity contribution in [2.45, 2.75) is 38.2 Å². The molecule has 3 unspecified atom stereocenters. The van der Waals surface area contributed by atoms with Crippen LogP contribution in [-0.4, -0.2) is 11.5 Å². The van der Waals surface area contributed by atoms with Gasteiger partial charge in [-0.1, -0.05) is 41.4 Å². The lowest BCUT2D eigenvalue weighted by Gasteiger charge is -2.50. The summed E-state index contributed by atoms with van der Waals surface area (Å²) in [6.07, 6.45) is 2.06. The number of hydrogen-bond acceptors (Lipinski definition) is 1. The molecule has 17 heavy (non-hydrogen) atoms. The molecule has 0 aliphatic heterocycles. The zero-order valence-electron chi connectivity index (χ0n) is 9.84. The summed E-state index contributed by atoms with van der Waals surface area (Å²) in [5, 5.41) is 0.836. The molecule has 0 saturated heterocycles. The zero-order valence-corrected chi connectivity index (χ0v) is 12.9. The molecule has 1 aromatic carbocycles. The minimum Gasteiger partial charge on any atom is -0.488 e. The predicted octanol–water partition coefficient (Wildman–Crippen LogP) is 5.28. The van der Waals surface area contributed by atoms with E-state index in [1.54, 1.807) is 0 Å². The van der Waals surface area contributed by atoms with Gasteiger partial charge in [0.05, 0.1) is 5.02 Å². The Morgan fingerprint density at radius 3 is 2.76 bits per heavy atom. The van der Waals surface area contributed by atoms with Crippen molar-refractivity contribution in [1.82, 2.24) is 0 Å². The minimum atomic E-state index is 0.0535. The Bertz CT molecular complexity index is 424. The molecule has 0 amide bonds. The molecule has 0 aromatic heterocycles. The monoisotopic (exact) mass is 336 g/mol. The molecule has 0 spiro atoms. The van der Waals surface area contributed by atoms with Gasteiger partial charge in [0, 0.05) is 21.7 Å². The number of benzene rings is 1. The summed E-state index contributed by atoms with van der Waals surface area (Å²) in [7, 11) is 0. The second kappa shape index (κ2) is 4.99. The van der Waals surface area contributed by atoms with E-state index >= 15 is 0 Å². The average molecular weight is 338 g/mol. The number of halogens is 3. The maximum Gasteiger partial charge on any atom is 0.138 e. The van der Waals surface area contributed by atoms with Crippen LogP contribution in [0.2, 0.25) is 5.02 Å². The molecular weight excluding hydrogens is 323 g/mol. The van der Waals surface area contributed by atoms with Gasteiger partial charge < -0.3 is 4.74 Å². The number of hydrogen-bond donors (Lipinski definition) is 0. The van der Waals surface area contributed by atoms with Gasteiger partial charge in [-0.05, 0) is 24.6 Å². The van der Waals surface area contributed by atoms with E-state index in [0.29, 0.717) is 5.02 Å². The van der Waals surface area contributed by atoms with Gasteiger partial charge in [-0.25, -0.2) is 0 Å². The SMILES string of the molecule is CCC1(C)C(Cl)CC1Oc1ccc(Br)cc1Cl. The molecule has 0 bridgehead atoms. The van der Waals surface area contributed by atoms with Crippen LogP contribution in [0.3, 0.4) is 0 Å². The first-order valence-electron chi connectivity index (χ1n) is 5.73. The Morgan fingerprint density at radius 2 is 2.24 bits per heavy atom. The van der Waals surface area contributed by atoms with Gasteiger partial charge >= 0.3 is 0 Å². The van der Waals surface area contributed by atoms with Crippen molar-refractivity contribution in [3.63, 3.8) is 0 Å². The van der Waals surface area contributed by atoms with E-state index in [1.165, 1.54) is 0 Å². The fourth-order valence-corrected chi connectivity index (χ4v) is 3.30. The van der Waals surface area contributed by atoms with E-state index in [-0.39, 0.29) is 16.9 Å². The van der Waals surface area contributed by atoms with Crippen molar-refractivity contribution in [3.8, 4) is 5.75 Å². The Morgan fingerprint density at radius 1 is 1.53 bits per heavy atom. The summed E-state index contributed by atoms with van der Waals surface area (Å²) in [5.74, 6) is 0.739. The maximum atomic E-state index is 6.26. The van der Waals surface area contributed by atoms with E-state index in [2.05, 4.69) is 29.8 Å². The summed E-state index contributed by atoms with van der Waals surface area (Å²) in [5.41, 5.74) is 0.0535. The molecule has 1 aromatic rings. The van der Waals surface area contributed by atoms with Crippen LogP contribution in [0.25, 0.3) is 0 Å². The Kier molecular flexibility index (Phi) is 3.96. The van der Waals surface area contributed by atoms with Crippen LogP contribution < -0.4 is 4.74 Å². The molecule has 0 heterocycles. The van der Waals surface area contributed by atoms with E-state index < -0.39 is 0 Å². The molecule has 1 aliphatic carbocycles. The lowest BCUT2D eigenvalue weighted by Crippen LogP contribution is -2.55. The van der Waals surface area contributed by atoms with Gasteiger partial charge in [0.2, 0.25) is 0 Å². The van der Waals surface area contributed by atoms with Crippen molar-refractivity contribution >= 4 is 39.1 Å². The predicted molar refractivity (Wildman–Crippen MR) is 76.2 cm³/mol. The van der Waals surface area contributed by atoms with Crippen molar-refractivity contribution in [2.75, 3.05) is 0 Å². The lowest BCUT2D eigenvalue weighted by molar-refractivity contribution is -0.0294. The number of ether oxygens (including phenoxy) is 1. The van der Waals surface area contributed by atoms with Gasteiger partial charge in [0.1, 0.15) is 11.9 Å². The maximum absolute atomic E-state index is 6.26. The third-order valence-corrected chi connectivity index (χ3v) is 5.26. The molecular formula is C13H15BrCl2O. The van der Waals surface area contributed by atoms with Gasteiger partial charge in [0.15, 0.2) is 0 Å². The van der Waals surface area contributed by atoms with Crippen molar-refractivity contribution in [1.29, 1.82) is 0 Å². The Hall–Kier alpha value is 0.0800. The first-order valence-corrected chi connectivity index (χ1v) is 7.34. The van der Waals surface area contributed by atoms with E-state index in [1.807, 2.05) is 18.2 Å². The van der Waals surface area contributed by atoms with E-state index in [9.17, 15) is 0 Å². The highest BCUT2D eigenvalue weighted by Crippen LogP contribution is 2.49. The van der Waals surface area contributed by atoms with E-state index in [0.717, 1.165) is 23.1 Å². The lowest BCUT2D eigenvalue weighted by atomic mass is 9.65. The third kappa shape index (κ3) is 2.45. The molecule has 1 saturated carbocycles. The smallest absolute Gasteiger partial charge is 0.138 e. The van der Waals surface area contributed by atoms with Crippen LogP contribution in [0.15, 0.2) is 22.7 Å². The van der Waals surface area contributed by atoms with Gasteiger partial charge in [-0.3, -0.25) is 0 Å². The zero-order chi connectivity index (χ0) is 12.6. The summed E-state index contributed by atoms with van der Waals surface area (Å²) < 4.78 is 6.93. The van der Waals surface area contributed by atoms with Crippen LogP contribution >= 0.6 is 39.1 Å². The Labute approximate surface area is 121 Å². The highest BCUT2D eigenvalue weighted by atomic mass is 79.9. The van der Waals surface area contributed by atoms with Gasteiger partial charge in [-0.15, -0.1) is 11.6 Å². The fourth-order valence-electron chi connectivity index (χ4n) is 2.12. The van der Waals surface area contributed by atoms with Gasteiger partial charge in [0.25, 0.3) is 0 Å². The van der Waals surface area contributed by atoms with Crippen molar-refractivity contribution < 1.29 is 4.74 Å². The molecule has 1 fully saturated rings. The normalized spacial score (nSPS) is 32.1. The first kappa shape index (κ1) is 13.5. The second-order valence-electron chi connectivity index (χ2n) is 4.74. The standard InChI is InChI=1S/C13H15BrCl2O/c1-3-13(2)11(16)7-12(13)17-10-5-4-8(14)6-9(10)15/h4-6,11-12H,3,7H2,1-2H3. The molecule has 94 valence electrons. The summed E-state index contributed by atoms with van der Waals surface area (Å²) in [6, 6.07) is 5.67. The van der Waals surface area contributed by atoms with Crippen LogP contribution in [0, 0.1) is 5.41 Å². The Balaban J connectivity index is 2.12. The van der Waals surface area contributed by atoms with E-state index in [4.69, 9.17) is 27.9 Å². The molecule has 0 radical (unpaired) electrons. The molecule has 1 aliphatic rings. The molecule has 1 nitrogen and oxygen atoms in total. The van der Waals surface area contributed by atoms with Crippen LogP contribution in [0.5, 0.6) is 5.75 Å². The number of rotatable bonds is 3. The third-order valence-electron chi connectivity index (χ3n) is 3.80. The summed E-state index contributed by atoms with van der Waals surface area (Å²) >= 11 is 15.8. The molecule has 2 rings (SSSR count). The van der Waals surface area contributed by atoms with Crippen molar-refractivity contribution in [2.24, 2.45) is 5.41 Å².